The summed E-state index contributed by atoms with van der Waals surface area (Å²) in [6, 6.07) is 2.26. The van der Waals surface area contributed by atoms with E-state index in [4.69, 9.17) is 88.6 Å². The molecule has 0 saturated heterocycles. The van der Waals surface area contributed by atoms with Crippen LogP contribution in [0.15, 0.2) is 12.1 Å². The zero-order valence-electron chi connectivity index (χ0n) is 26.9. The molecule has 8 nitrogen and oxygen atoms in total. The van der Waals surface area contributed by atoms with Crippen LogP contribution in [-0.2, 0) is 19.1 Å². The lowest BCUT2D eigenvalue weighted by Crippen LogP contribution is -2.27. The number of halogens is 6. The van der Waals surface area contributed by atoms with Crippen molar-refractivity contribution in [2.45, 2.75) is 79.1 Å². The van der Waals surface area contributed by atoms with E-state index in [1.807, 2.05) is 0 Å². The van der Waals surface area contributed by atoms with Crippen LogP contribution in [0.1, 0.15) is 99.8 Å². The maximum Gasteiger partial charge on any atom is 0.423 e. The predicted octanol–water partition coefficient (Wildman–Crippen LogP) is 10.9. The van der Waals surface area contributed by atoms with Gasteiger partial charge in [0.15, 0.2) is 11.5 Å². The van der Waals surface area contributed by atoms with E-state index >= 15 is 0 Å². The molecule has 0 aromatic heterocycles. The van der Waals surface area contributed by atoms with Crippen molar-refractivity contribution >= 4 is 93.5 Å². The summed E-state index contributed by atoms with van der Waals surface area (Å²) in [6.45, 7) is 8.78. The van der Waals surface area contributed by atoms with E-state index < -0.39 is 46.5 Å². The van der Waals surface area contributed by atoms with Crippen LogP contribution in [0, 0.1) is 22.7 Å². The van der Waals surface area contributed by atoms with Crippen LogP contribution in [0.3, 0.4) is 0 Å². The van der Waals surface area contributed by atoms with Gasteiger partial charge in [0.1, 0.15) is 11.1 Å². The Kier molecular flexibility index (Phi) is 12.9. The van der Waals surface area contributed by atoms with Crippen LogP contribution in [-0.4, -0.2) is 37.1 Å². The molecule has 0 N–H and O–H groups in total. The zero-order chi connectivity index (χ0) is 35.6. The lowest BCUT2D eigenvalue weighted by atomic mass is 9.95. The molecule has 0 spiro atoms. The SMILES string of the molecule is CCC1(CCCOC(=O)c2c(Cl)c(Cl)cc(Cl)c2OC(=O)C(=O)Oc2c(Cl)cc(Cl)c(Cl)c2C(=O)OCCCC2(CC)C[C@@H]2C)CC1C. The Hall–Kier alpha value is -1.94. The molecule has 0 heterocycles. The molecular formula is C34H36Cl6O8. The Morgan fingerprint density at radius 1 is 0.646 bits per heavy atom. The summed E-state index contributed by atoms with van der Waals surface area (Å²) >= 11 is 37.4. The highest BCUT2D eigenvalue weighted by molar-refractivity contribution is 6.47. The molecule has 2 aromatic rings. The summed E-state index contributed by atoms with van der Waals surface area (Å²) < 4.78 is 21.2. The van der Waals surface area contributed by atoms with Crippen molar-refractivity contribution in [3.8, 4) is 11.5 Å². The van der Waals surface area contributed by atoms with Crippen LogP contribution in [0.25, 0.3) is 0 Å². The van der Waals surface area contributed by atoms with E-state index in [2.05, 4.69) is 27.7 Å². The number of hydrogen-bond acceptors (Lipinski definition) is 8. The molecule has 2 aliphatic rings. The van der Waals surface area contributed by atoms with E-state index in [9.17, 15) is 19.2 Å². The van der Waals surface area contributed by atoms with Crippen molar-refractivity contribution < 1.29 is 38.1 Å². The molecule has 0 amide bonds. The number of rotatable bonds is 14. The molecule has 2 aliphatic carbocycles. The first-order valence-electron chi connectivity index (χ1n) is 15.7. The summed E-state index contributed by atoms with van der Waals surface area (Å²) in [5, 5.41) is -1.46. The minimum atomic E-state index is -1.64. The standard InChI is InChI=1S/C34H36Cl6O8/c1-5-33(15-17(33)3)9-7-11-45-29(41)23-25(39)19(35)13-21(37)27(23)47-31(43)32(44)48-28-22(38)14-20(36)26(40)24(28)30(42)46-12-8-10-34(6-2)16-18(34)4/h13-14,17-18H,5-12,15-16H2,1-4H3/t17-,18?,33?,34?/m0/s1. The molecule has 4 rings (SSSR count). The first-order valence-corrected chi connectivity index (χ1v) is 18.0. The number of carbonyl (C=O) groups excluding carboxylic acids is 4. The molecule has 2 aromatic carbocycles. The van der Waals surface area contributed by atoms with Gasteiger partial charge in [-0.25, -0.2) is 19.2 Å². The summed E-state index contributed by atoms with van der Waals surface area (Å²) in [5.41, 5.74) is -0.402. The highest BCUT2D eigenvalue weighted by Crippen LogP contribution is 2.58. The largest absolute Gasteiger partial charge is 0.462 e. The first-order chi connectivity index (χ1) is 22.6. The fourth-order valence-corrected chi connectivity index (χ4v) is 7.89. The summed E-state index contributed by atoms with van der Waals surface area (Å²) in [7, 11) is 0. The van der Waals surface area contributed by atoms with Gasteiger partial charge >= 0.3 is 23.9 Å². The molecule has 0 radical (unpaired) electrons. The van der Waals surface area contributed by atoms with Gasteiger partial charge in [-0.15, -0.1) is 0 Å². The molecule has 2 saturated carbocycles. The van der Waals surface area contributed by atoms with Gasteiger partial charge in [0.2, 0.25) is 0 Å². The second-order valence-electron chi connectivity index (χ2n) is 12.6. The van der Waals surface area contributed by atoms with Gasteiger partial charge in [0, 0.05) is 0 Å². The lowest BCUT2D eigenvalue weighted by molar-refractivity contribution is -0.156. The Bertz CT molecular complexity index is 1490. The van der Waals surface area contributed by atoms with E-state index in [-0.39, 0.29) is 54.2 Å². The van der Waals surface area contributed by atoms with E-state index in [0.29, 0.717) is 24.7 Å². The first kappa shape index (κ1) is 38.9. The second-order valence-corrected chi connectivity index (χ2v) is 15.0. The maximum absolute atomic E-state index is 13.1. The fraction of sp³-hybridized carbons (Fsp3) is 0.529. The van der Waals surface area contributed by atoms with Gasteiger partial charge in [-0.2, -0.15) is 0 Å². The molecule has 0 aliphatic heterocycles. The average molecular weight is 785 g/mol. The average Bonchev–Trinajstić information content (AvgIpc) is 3.91. The minimum absolute atomic E-state index is 0.0660. The third-order valence-corrected chi connectivity index (χ3v) is 12.1. The van der Waals surface area contributed by atoms with E-state index in [0.717, 1.165) is 50.7 Å². The van der Waals surface area contributed by atoms with Crippen molar-refractivity contribution in [2.24, 2.45) is 22.7 Å². The predicted molar refractivity (Wildman–Crippen MR) is 186 cm³/mol. The van der Waals surface area contributed by atoms with Crippen LogP contribution >= 0.6 is 69.6 Å². The monoisotopic (exact) mass is 782 g/mol. The molecular weight excluding hydrogens is 749 g/mol. The molecule has 48 heavy (non-hydrogen) atoms. The third-order valence-electron chi connectivity index (χ3n) is 9.93. The number of ether oxygens (including phenoxy) is 4. The number of carbonyl (C=O) groups is 4. The van der Waals surface area contributed by atoms with E-state index in [1.54, 1.807) is 0 Å². The fourth-order valence-electron chi connectivity index (χ4n) is 6.45. The number of hydrogen-bond donors (Lipinski definition) is 0. The Morgan fingerprint density at radius 3 is 1.27 bits per heavy atom. The number of esters is 4. The van der Waals surface area contributed by atoms with Gasteiger partial charge in [-0.05, 0) is 73.3 Å². The summed E-state index contributed by atoms with van der Waals surface area (Å²) in [4.78, 5) is 52.2. The Balaban J connectivity index is 1.46. The van der Waals surface area contributed by atoms with Gasteiger partial charge < -0.3 is 18.9 Å². The normalized spacial score (nSPS) is 22.5. The maximum atomic E-state index is 13.1. The number of benzene rings is 2. The highest BCUT2D eigenvalue weighted by atomic mass is 35.5. The quantitative estimate of drug-likeness (QED) is 0.0613. The molecule has 14 heteroatoms. The molecule has 4 atom stereocenters. The summed E-state index contributed by atoms with van der Waals surface area (Å²) in [5.74, 6) is -5.13. The van der Waals surface area contributed by atoms with Gasteiger partial charge in [-0.3, -0.25) is 0 Å². The Labute approximate surface area is 309 Å². The Morgan fingerprint density at radius 2 is 0.979 bits per heavy atom. The van der Waals surface area contributed by atoms with Crippen molar-refractivity contribution in [3.05, 3.63) is 53.4 Å². The lowest BCUT2D eigenvalue weighted by Gasteiger charge is -2.17. The molecule has 0 bridgehead atoms. The van der Waals surface area contributed by atoms with Gasteiger partial charge in [0.25, 0.3) is 0 Å². The second kappa shape index (κ2) is 15.9. The van der Waals surface area contributed by atoms with Crippen molar-refractivity contribution in [1.82, 2.24) is 0 Å². The molecule has 3 unspecified atom stereocenters. The van der Waals surface area contributed by atoms with Crippen molar-refractivity contribution in [3.63, 3.8) is 0 Å². The van der Waals surface area contributed by atoms with E-state index in [1.165, 1.54) is 0 Å². The zero-order valence-corrected chi connectivity index (χ0v) is 31.4. The topological polar surface area (TPSA) is 105 Å². The van der Waals surface area contributed by atoms with Crippen molar-refractivity contribution in [1.29, 1.82) is 0 Å². The minimum Gasteiger partial charge on any atom is -0.462 e. The van der Waals surface area contributed by atoms with Crippen LogP contribution in [0.4, 0.5) is 0 Å². The van der Waals surface area contributed by atoms with Crippen LogP contribution < -0.4 is 9.47 Å². The smallest absolute Gasteiger partial charge is 0.423 e. The van der Waals surface area contributed by atoms with Gasteiger partial charge in [0.05, 0.1) is 43.3 Å². The van der Waals surface area contributed by atoms with Crippen LogP contribution in [0.2, 0.25) is 30.1 Å². The third kappa shape index (κ3) is 8.50. The molecule has 2 fully saturated rings. The van der Waals surface area contributed by atoms with Gasteiger partial charge in [-0.1, -0.05) is 110 Å². The molecule has 262 valence electrons. The summed E-state index contributed by atoms with van der Waals surface area (Å²) in [6.07, 6.45) is 7.27. The van der Waals surface area contributed by atoms with Crippen LogP contribution in [0.5, 0.6) is 11.5 Å². The highest BCUT2D eigenvalue weighted by Gasteiger charge is 2.49. The van der Waals surface area contributed by atoms with Crippen molar-refractivity contribution in [2.75, 3.05) is 13.2 Å².